The van der Waals surface area contributed by atoms with Crippen molar-refractivity contribution in [3.8, 4) is 5.75 Å². The summed E-state index contributed by atoms with van der Waals surface area (Å²) in [5.41, 5.74) is 0.894. The van der Waals surface area contributed by atoms with Gasteiger partial charge >= 0.3 is 0 Å². The zero-order valence-electron chi connectivity index (χ0n) is 16.9. The number of carbonyl (C=O) groups excluding carboxylic acids is 1. The van der Waals surface area contributed by atoms with Gasteiger partial charge in [0.15, 0.2) is 0 Å². The molecule has 0 radical (unpaired) electrons. The maximum absolute atomic E-state index is 13.0. The van der Waals surface area contributed by atoms with Gasteiger partial charge in [0.05, 0.1) is 11.0 Å². The molecule has 1 aliphatic rings. The molecule has 0 atom stereocenters. The molecule has 6 nitrogen and oxygen atoms in total. The fraction of sp³-hybridized carbons (Fsp3) is 0.409. The molecule has 0 spiro atoms. The van der Waals surface area contributed by atoms with E-state index in [9.17, 15) is 13.2 Å². The van der Waals surface area contributed by atoms with Gasteiger partial charge in [0, 0.05) is 30.4 Å². The number of hydrogen-bond acceptors (Lipinski definition) is 4. The molecule has 7 heteroatoms. The van der Waals surface area contributed by atoms with Crippen molar-refractivity contribution in [2.45, 2.75) is 50.5 Å². The Balaban J connectivity index is 1.77. The Morgan fingerprint density at radius 1 is 1.00 bits per heavy atom. The molecule has 29 heavy (non-hydrogen) atoms. The van der Waals surface area contributed by atoms with Crippen molar-refractivity contribution >= 4 is 21.6 Å². The molecule has 156 valence electrons. The molecule has 1 aliphatic heterocycles. The lowest BCUT2D eigenvalue weighted by molar-refractivity contribution is 0.102. The zero-order valence-corrected chi connectivity index (χ0v) is 17.7. The number of anilines is 1. The van der Waals surface area contributed by atoms with Crippen LogP contribution in [0.5, 0.6) is 5.75 Å². The van der Waals surface area contributed by atoms with Crippen LogP contribution in [0.4, 0.5) is 5.69 Å². The second kappa shape index (κ2) is 9.41. The minimum Gasteiger partial charge on any atom is -0.491 e. The van der Waals surface area contributed by atoms with E-state index in [1.165, 1.54) is 10.4 Å². The van der Waals surface area contributed by atoms with E-state index in [1.54, 1.807) is 36.4 Å². The van der Waals surface area contributed by atoms with Crippen LogP contribution in [-0.2, 0) is 10.0 Å². The first-order chi connectivity index (χ1) is 13.9. The standard InChI is InChI=1S/C22H28N2O4S/c1-17(2)28-20-11-8-10-19(16-20)23-22(25)18-9-7-12-21(15-18)29(26,27)24-13-5-3-4-6-14-24/h7-12,15-17H,3-6,13-14H2,1-2H3,(H,23,25). The van der Waals surface area contributed by atoms with E-state index in [0.29, 0.717) is 30.1 Å². The molecule has 1 heterocycles. The molecule has 2 aromatic rings. The minimum atomic E-state index is -3.60. The van der Waals surface area contributed by atoms with Crippen molar-refractivity contribution in [1.29, 1.82) is 0 Å². The summed E-state index contributed by atoms with van der Waals surface area (Å²) in [6, 6.07) is 13.4. The summed E-state index contributed by atoms with van der Waals surface area (Å²) >= 11 is 0. The molecule has 0 saturated carbocycles. The summed E-state index contributed by atoms with van der Waals surface area (Å²) in [4.78, 5) is 12.9. The van der Waals surface area contributed by atoms with E-state index in [4.69, 9.17) is 4.74 Å². The van der Waals surface area contributed by atoms with Gasteiger partial charge in [0.25, 0.3) is 5.91 Å². The quantitative estimate of drug-likeness (QED) is 0.762. The average Bonchev–Trinajstić information content (AvgIpc) is 2.98. The Morgan fingerprint density at radius 3 is 2.38 bits per heavy atom. The van der Waals surface area contributed by atoms with E-state index in [-0.39, 0.29) is 16.9 Å². The Kier molecular flexibility index (Phi) is 6.92. The number of nitrogens with one attached hydrogen (secondary N) is 1. The van der Waals surface area contributed by atoms with Gasteiger partial charge in [-0.3, -0.25) is 4.79 Å². The monoisotopic (exact) mass is 416 g/mol. The highest BCUT2D eigenvalue weighted by atomic mass is 32.2. The molecule has 1 N–H and O–H groups in total. The second-order valence-corrected chi connectivity index (χ2v) is 9.43. The van der Waals surface area contributed by atoms with E-state index in [1.807, 2.05) is 19.9 Å². The summed E-state index contributed by atoms with van der Waals surface area (Å²) < 4.78 is 33.2. The van der Waals surface area contributed by atoms with Crippen LogP contribution in [0.2, 0.25) is 0 Å². The Hall–Kier alpha value is -2.38. The maximum atomic E-state index is 13.0. The molecule has 0 bridgehead atoms. The number of ether oxygens (including phenoxy) is 1. The molecular weight excluding hydrogens is 388 g/mol. The highest BCUT2D eigenvalue weighted by molar-refractivity contribution is 7.89. The van der Waals surface area contributed by atoms with Crippen molar-refractivity contribution in [2.75, 3.05) is 18.4 Å². The van der Waals surface area contributed by atoms with Crippen LogP contribution in [0.1, 0.15) is 49.9 Å². The Morgan fingerprint density at radius 2 is 1.69 bits per heavy atom. The lowest BCUT2D eigenvalue weighted by atomic mass is 10.2. The summed E-state index contributed by atoms with van der Waals surface area (Å²) in [5.74, 6) is 0.301. The van der Waals surface area contributed by atoms with Crippen LogP contribution in [0.15, 0.2) is 53.4 Å². The molecule has 1 saturated heterocycles. The predicted octanol–water partition coefficient (Wildman–Crippen LogP) is 4.29. The maximum Gasteiger partial charge on any atom is 0.255 e. The third kappa shape index (κ3) is 5.58. The molecule has 1 amide bonds. The fourth-order valence-electron chi connectivity index (χ4n) is 3.35. The number of hydrogen-bond donors (Lipinski definition) is 1. The first-order valence-electron chi connectivity index (χ1n) is 10.0. The number of benzene rings is 2. The highest BCUT2D eigenvalue weighted by Gasteiger charge is 2.25. The molecule has 3 rings (SSSR count). The largest absolute Gasteiger partial charge is 0.491 e. The summed E-state index contributed by atoms with van der Waals surface area (Å²) in [6.45, 7) is 4.92. The topological polar surface area (TPSA) is 75.7 Å². The number of rotatable bonds is 6. The predicted molar refractivity (Wildman–Crippen MR) is 114 cm³/mol. The fourth-order valence-corrected chi connectivity index (χ4v) is 4.91. The van der Waals surface area contributed by atoms with Crippen molar-refractivity contribution in [3.63, 3.8) is 0 Å². The smallest absolute Gasteiger partial charge is 0.255 e. The van der Waals surface area contributed by atoms with E-state index >= 15 is 0 Å². The molecule has 1 fully saturated rings. The Labute approximate surface area is 172 Å². The van der Waals surface area contributed by atoms with Crippen LogP contribution in [-0.4, -0.2) is 37.8 Å². The van der Waals surface area contributed by atoms with E-state index < -0.39 is 10.0 Å². The summed E-state index contributed by atoms with van der Waals surface area (Å²) in [5, 5.41) is 2.81. The number of carbonyl (C=O) groups is 1. The second-order valence-electron chi connectivity index (χ2n) is 7.49. The van der Waals surface area contributed by atoms with Gasteiger partial charge in [-0.1, -0.05) is 25.0 Å². The normalized spacial score (nSPS) is 15.7. The van der Waals surface area contributed by atoms with E-state index in [0.717, 1.165) is 25.7 Å². The van der Waals surface area contributed by atoms with Gasteiger partial charge in [0.2, 0.25) is 10.0 Å². The third-order valence-electron chi connectivity index (χ3n) is 4.76. The molecule has 2 aromatic carbocycles. The number of sulfonamides is 1. The van der Waals surface area contributed by atoms with Gasteiger partial charge < -0.3 is 10.1 Å². The van der Waals surface area contributed by atoms with Crippen LogP contribution in [0.3, 0.4) is 0 Å². The SMILES string of the molecule is CC(C)Oc1cccc(NC(=O)c2cccc(S(=O)(=O)N3CCCCCC3)c2)c1. The molecular formula is C22H28N2O4S. The summed E-state index contributed by atoms with van der Waals surface area (Å²) in [6.07, 6.45) is 3.87. The first-order valence-corrected chi connectivity index (χ1v) is 11.5. The molecule has 0 aromatic heterocycles. The van der Waals surface area contributed by atoms with Crippen LogP contribution in [0, 0.1) is 0 Å². The summed E-state index contributed by atoms with van der Waals surface area (Å²) in [7, 11) is -3.60. The number of amides is 1. The number of nitrogens with zero attached hydrogens (tertiary/aromatic N) is 1. The lowest BCUT2D eigenvalue weighted by Crippen LogP contribution is -2.32. The van der Waals surface area contributed by atoms with Gasteiger partial charge in [0.1, 0.15) is 5.75 Å². The first kappa shape index (κ1) is 21.3. The van der Waals surface area contributed by atoms with Crippen LogP contribution >= 0.6 is 0 Å². The highest BCUT2D eigenvalue weighted by Crippen LogP contribution is 2.23. The van der Waals surface area contributed by atoms with Crippen LogP contribution < -0.4 is 10.1 Å². The Bertz CT molecular complexity index is 949. The van der Waals surface area contributed by atoms with Crippen LogP contribution in [0.25, 0.3) is 0 Å². The van der Waals surface area contributed by atoms with Gasteiger partial charge in [-0.2, -0.15) is 4.31 Å². The van der Waals surface area contributed by atoms with Crippen molar-refractivity contribution in [2.24, 2.45) is 0 Å². The van der Waals surface area contributed by atoms with Crippen molar-refractivity contribution in [1.82, 2.24) is 4.31 Å². The zero-order chi connectivity index (χ0) is 20.9. The van der Waals surface area contributed by atoms with Crippen molar-refractivity contribution in [3.05, 3.63) is 54.1 Å². The third-order valence-corrected chi connectivity index (χ3v) is 6.66. The minimum absolute atomic E-state index is 0.0295. The van der Waals surface area contributed by atoms with E-state index in [2.05, 4.69) is 5.32 Å². The molecule has 0 aliphatic carbocycles. The molecule has 0 unspecified atom stereocenters. The van der Waals surface area contributed by atoms with Gasteiger partial charge in [-0.15, -0.1) is 0 Å². The van der Waals surface area contributed by atoms with Crippen molar-refractivity contribution < 1.29 is 17.9 Å². The van der Waals surface area contributed by atoms with Gasteiger partial charge in [-0.25, -0.2) is 8.42 Å². The van der Waals surface area contributed by atoms with Gasteiger partial charge in [-0.05, 0) is 57.0 Å². The lowest BCUT2D eigenvalue weighted by Gasteiger charge is -2.20. The average molecular weight is 417 g/mol.